The highest BCUT2D eigenvalue weighted by atomic mass is 19.3. The Bertz CT molecular complexity index is 1520. The Morgan fingerprint density at radius 1 is 0.725 bits per heavy atom. The molecule has 0 heterocycles. The molecular weight excluding hydrogens is 533 g/mol. The number of fused-ring (bicyclic) bond motifs is 1. The van der Waals surface area contributed by atoms with Gasteiger partial charge in [-0.2, -0.15) is 13.2 Å². The Labute approximate surface area is 227 Å². The van der Waals surface area contributed by atoms with Crippen molar-refractivity contribution in [1.82, 2.24) is 0 Å². The van der Waals surface area contributed by atoms with Crippen molar-refractivity contribution >= 4 is 10.8 Å². The van der Waals surface area contributed by atoms with Crippen LogP contribution in [0.5, 0.6) is 5.75 Å². The number of alkyl halides is 2. The molecule has 4 aromatic carbocycles. The molecule has 1 aliphatic carbocycles. The highest BCUT2D eigenvalue weighted by Crippen LogP contribution is 2.40. The third-order valence-electron chi connectivity index (χ3n) is 7.80. The summed E-state index contributed by atoms with van der Waals surface area (Å²) in [6.07, 6.45) is 3.00. The van der Waals surface area contributed by atoms with E-state index >= 15 is 8.78 Å². The Morgan fingerprint density at radius 3 is 2.05 bits per heavy atom. The van der Waals surface area contributed by atoms with Gasteiger partial charge in [0.2, 0.25) is 5.82 Å². The molecule has 0 saturated heterocycles. The zero-order chi connectivity index (χ0) is 28.6. The average Bonchev–Trinajstić information content (AvgIpc) is 2.94. The molecule has 0 atom stereocenters. The maximum atomic E-state index is 15.1. The van der Waals surface area contributed by atoms with E-state index in [4.69, 9.17) is 0 Å². The number of hydrogen-bond acceptors (Lipinski definition) is 1. The number of benzene rings is 4. The first-order valence-corrected chi connectivity index (χ1v) is 13.3. The molecule has 0 spiro atoms. The Morgan fingerprint density at radius 2 is 1.38 bits per heavy atom. The van der Waals surface area contributed by atoms with Gasteiger partial charge in [0.15, 0.2) is 29.0 Å². The van der Waals surface area contributed by atoms with Crippen LogP contribution in [0.2, 0.25) is 0 Å². The summed E-state index contributed by atoms with van der Waals surface area (Å²) in [5, 5.41) is 1.33. The third-order valence-corrected chi connectivity index (χ3v) is 7.80. The molecule has 0 aliphatic heterocycles. The van der Waals surface area contributed by atoms with Crippen LogP contribution in [0.25, 0.3) is 21.9 Å². The fourth-order valence-electron chi connectivity index (χ4n) is 5.63. The quantitative estimate of drug-likeness (QED) is 0.161. The molecular formula is C32H27F7O. The fourth-order valence-corrected chi connectivity index (χ4v) is 5.63. The van der Waals surface area contributed by atoms with E-state index in [1.54, 1.807) is 12.1 Å². The highest BCUT2D eigenvalue weighted by molar-refractivity contribution is 5.84. The minimum absolute atomic E-state index is 0.436. The van der Waals surface area contributed by atoms with Gasteiger partial charge in [-0.1, -0.05) is 44.0 Å². The summed E-state index contributed by atoms with van der Waals surface area (Å²) >= 11 is 0. The summed E-state index contributed by atoms with van der Waals surface area (Å²) in [7, 11) is 0. The molecule has 1 aliphatic rings. The molecule has 0 amide bonds. The maximum Gasteiger partial charge on any atom is 0.426 e. The van der Waals surface area contributed by atoms with E-state index < -0.39 is 57.6 Å². The second kappa shape index (κ2) is 11.1. The van der Waals surface area contributed by atoms with E-state index in [1.807, 2.05) is 12.1 Å². The van der Waals surface area contributed by atoms with Crippen molar-refractivity contribution in [3.63, 3.8) is 0 Å². The normalized spacial score (nSPS) is 17.8. The minimum Gasteiger partial charge on any atom is -0.426 e. The van der Waals surface area contributed by atoms with Crippen LogP contribution in [0.4, 0.5) is 30.7 Å². The van der Waals surface area contributed by atoms with Gasteiger partial charge < -0.3 is 4.74 Å². The number of rotatable bonds is 7. The predicted octanol–water partition coefficient (Wildman–Crippen LogP) is 10.4. The van der Waals surface area contributed by atoms with Crippen molar-refractivity contribution in [2.24, 2.45) is 5.92 Å². The Kier molecular flexibility index (Phi) is 7.80. The summed E-state index contributed by atoms with van der Waals surface area (Å²) < 4.78 is 105. The van der Waals surface area contributed by atoms with Crippen molar-refractivity contribution in [2.45, 2.75) is 57.5 Å². The standard InChI is InChI=1S/C32H27F7O/c1-2-3-18-4-6-19(7-5-18)20-8-9-22-15-24(11-10-21(22)14-20)32(38,39)40-28-13-12-25(29(35)31(28)37)23-16-26(33)30(36)27(34)17-23/h8-19H,2-7H2,1H3. The molecule has 0 aromatic heterocycles. The van der Waals surface area contributed by atoms with Crippen molar-refractivity contribution in [2.75, 3.05) is 0 Å². The van der Waals surface area contributed by atoms with Crippen LogP contribution in [0.1, 0.15) is 62.5 Å². The number of halogens is 7. The van der Waals surface area contributed by atoms with Gasteiger partial charge in [-0.15, -0.1) is 0 Å². The average molecular weight is 561 g/mol. The minimum atomic E-state index is -4.02. The van der Waals surface area contributed by atoms with E-state index in [0.29, 0.717) is 23.4 Å². The van der Waals surface area contributed by atoms with Crippen molar-refractivity contribution < 1.29 is 35.5 Å². The van der Waals surface area contributed by atoms with Crippen LogP contribution < -0.4 is 4.74 Å². The second-order valence-electron chi connectivity index (χ2n) is 10.4. The monoisotopic (exact) mass is 560 g/mol. The summed E-state index contributed by atoms with van der Waals surface area (Å²) in [6.45, 7) is 2.20. The van der Waals surface area contributed by atoms with Crippen LogP contribution in [0.3, 0.4) is 0 Å². The lowest BCUT2D eigenvalue weighted by atomic mass is 9.77. The molecule has 1 nitrogen and oxygen atoms in total. The van der Waals surface area contributed by atoms with Gasteiger partial charge in [0, 0.05) is 5.56 Å². The topological polar surface area (TPSA) is 9.23 Å². The molecule has 5 rings (SSSR count). The third kappa shape index (κ3) is 5.54. The van der Waals surface area contributed by atoms with Gasteiger partial charge in [0.25, 0.3) is 0 Å². The van der Waals surface area contributed by atoms with Gasteiger partial charge in [-0.05, 0) is 95.8 Å². The van der Waals surface area contributed by atoms with Crippen molar-refractivity contribution in [3.8, 4) is 16.9 Å². The van der Waals surface area contributed by atoms with E-state index in [-0.39, 0.29) is 0 Å². The lowest BCUT2D eigenvalue weighted by Crippen LogP contribution is -2.22. The number of ether oxygens (including phenoxy) is 1. The van der Waals surface area contributed by atoms with Gasteiger partial charge in [0.05, 0.1) is 5.56 Å². The Balaban J connectivity index is 1.36. The van der Waals surface area contributed by atoms with Crippen LogP contribution >= 0.6 is 0 Å². The van der Waals surface area contributed by atoms with E-state index in [1.165, 1.54) is 43.4 Å². The molecule has 1 fully saturated rings. The van der Waals surface area contributed by atoms with Gasteiger partial charge >= 0.3 is 6.11 Å². The Hall–Kier alpha value is -3.55. The van der Waals surface area contributed by atoms with Crippen LogP contribution in [-0.4, -0.2) is 0 Å². The first-order valence-electron chi connectivity index (χ1n) is 13.3. The smallest absolute Gasteiger partial charge is 0.426 e. The summed E-state index contributed by atoms with van der Waals surface area (Å²) in [5.41, 5.74) is -0.531. The molecule has 0 unspecified atom stereocenters. The molecule has 40 heavy (non-hydrogen) atoms. The zero-order valence-corrected chi connectivity index (χ0v) is 21.7. The zero-order valence-electron chi connectivity index (χ0n) is 21.7. The highest BCUT2D eigenvalue weighted by Gasteiger charge is 2.36. The fraction of sp³-hybridized carbons (Fsp3) is 0.312. The molecule has 0 N–H and O–H groups in total. The van der Waals surface area contributed by atoms with Crippen LogP contribution in [-0.2, 0) is 6.11 Å². The van der Waals surface area contributed by atoms with Gasteiger partial charge in [-0.3, -0.25) is 0 Å². The lowest BCUT2D eigenvalue weighted by molar-refractivity contribution is -0.187. The summed E-state index contributed by atoms with van der Waals surface area (Å²) in [4.78, 5) is 0. The first-order chi connectivity index (χ1) is 19.1. The van der Waals surface area contributed by atoms with E-state index in [9.17, 15) is 22.0 Å². The number of hydrogen-bond donors (Lipinski definition) is 0. The van der Waals surface area contributed by atoms with Crippen molar-refractivity contribution in [1.29, 1.82) is 0 Å². The SMILES string of the molecule is CCCC1CCC(c2ccc3cc(C(F)(F)Oc4ccc(-c5cc(F)c(F)c(F)c5)c(F)c4F)ccc3c2)CC1. The van der Waals surface area contributed by atoms with Crippen molar-refractivity contribution in [3.05, 3.63) is 101 Å². The second-order valence-corrected chi connectivity index (χ2v) is 10.4. The van der Waals surface area contributed by atoms with Crippen LogP contribution in [0.15, 0.2) is 60.7 Å². The van der Waals surface area contributed by atoms with Gasteiger partial charge in [-0.25, -0.2) is 17.6 Å². The molecule has 0 radical (unpaired) electrons. The predicted molar refractivity (Wildman–Crippen MR) is 140 cm³/mol. The lowest BCUT2D eigenvalue weighted by Gasteiger charge is -2.28. The molecule has 210 valence electrons. The van der Waals surface area contributed by atoms with Crippen LogP contribution in [0, 0.1) is 35.0 Å². The molecule has 8 heteroatoms. The first kappa shape index (κ1) is 28.0. The molecule has 4 aromatic rings. The molecule has 0 bridgehead atoms. The van der Waals surface area contributed by atoms with E-state index in [0.717, 1.165) is 36.3 Å². The summed E-state index contributed by atoms with van der Waals surface area (Å²) in [5.74, 6) is -8.32. The summed E-state index contributed by atoms with van der Waals surface area (Å²) in [6, 6.07) is 12.2. The molecule has 1 saturated carbocycles. The largest absolute Gasteiger partial charge is 0.426 e. The maximum absolute atomic E-state index is 15.1. The van der Waals surface area contributed by atoms with E-state index in [2.05, 4.69) is 11.7 Å². The van der Waals surface area contributed by atoms with Gasteiger partial charge in [0.1, 0.15) is 0 Å².